The number of rotatable bonds is 2. The van der Waals surface area contributed by atoms with Crippen LogP contribution in [0.25, 0.3) is 0 Å². The summed E-state index contributed by atoms with van der Waals surface area (Å²) in [5, 5.41) is 17.8. The van der Waals surface area contributed by atoms with Crippen molar-refractivity contribution in [3.63, 3.8) is 0 Å². The standard InChI is InChI=1S/C11H17N3O3S/c15-9-1-3-14-10(12-13-11(14)6-9)5-8-2-4-18(16,17)7-8/h8-9,15H,1-7H2. The zero-order valence-corrected chi connectivity index (χ0v) is 10.9. The molecule has 1 saturated heterocycles. The Labute approximate surface area is 106 Å². The lowest BCUT2D eigenvalue weighted by molar-refractivity contribution is 0.141. The quantitative estimate of drug-likeness (QED) is 0.788. The third-order valence-corrected chi connectivity index (χ3v) is 5.64. The Morgan fingerprint density at radius 3 is 2.89 bits per heavy atom. The fraction of sp³-hybridized carbons (Fsp3) is 0.818. The number of aliphatic hydroxyl groups is 1. The first kappa shape index (κ1) is 12.1. The fourth-order valence-corrected chi connectivity index (χ4v) is 4.68. The van der Waals surface area contributed by atoms with Crippen LogP contribution in [0.2, 0.25) is 0 Å². The van der Waals surface area contributed by atoms with E-state index in [0.29, 0.717) is 18.6 Å². The van der Waals surface area contributed by atoms with Crippen molar-refractivity contribution in [3.05, 3.63) is 11.6 Å². The molecular formula is C11H17N3O3S. The van der Waals surface area contributed by atoms with Gasteiger partial charge in [0.15, 0.2) is 9.84 Å². The number of sulfone groups is 1. The summed E-state index contributed by atoms with van der Waals surface area (Å²) in [5.41, 5.74) is 0. The zero-order valence-electron chi connectivity index (χ0n) is 10.1. The molecule has 0 saturated carbocycles. The molecule has 0 aromatic carbocycles. The van der Waals surface area contributed by atoms with Gasteiger partial charge in [0, 0.05) is 19.4 Å². The van der Waals surface area contributed by atoms with Gasteiger partial charge in [0.1, 0.15) is 11.6 Å². The molecule has 2 aliphatic rings. The second-order valence-corrected chi connectivity index (χ2v) is 7.53. The molecule has 3 rings (SSSR count). The van der Waals surface area contributed by atoms with Gasteiger partial charge < -0.3 is 9.67 Å². The van der Waals surface area contributed by atoms with E-state index >= 15 is 0 Å². The summed E-state index contributed by atoms with van der Waals surface area (Å²) in [6.07, 6.45) is 2.37. The van der Waals surface area contributed by atoms with Gasteiger partial charge in [-0.15, -0.1) is 10.2 Å². The lowest BCUT2D eigenvalue weighted by Crippen LogP contribution is -2.25. The molecule has 1 aromatic rings. The van der Waals surface area contributed by atoms with E-state index in [4.69, 9.17) is 0 Å². The van der Waals surface area contributed by atoms with Gasteiger partial charge in [-0.1, -0.05) is 0 Å². The van der Waals surface area contributed by atoms with E-state index in [2.05, 4.69) is 10.2 Å². The van der Waals surface area contributed by atoms with E-state index < -0.39 is 9.84 Å². The Bertz CT molecular complexity index is 552. The lowest BCUT2D eigenvalue weighted by Gasteiger charge is -2.20. The van der Waals surface area contributed by atoms with Gasteiger partial charge in [0.25, 0.3) is 0 Å². The van der Waals surface area contributed by atoms with Crippen LogP contribution >= 0.6 is 0 Å². The van der Waals surface area contributed by atoms with Crippen LogP contribution in [0.15, 0.2) is 0 Å². The molecule has 1 fully saturated rings. The van der Waals surface area contributed by atoms with Crippen molar-refractivity contribution in [1.82, 2.24) is 14.8 Å². The number of nitrogens with zero attached hydrogens (tertiary/aromatic N) is 3. The van der Waals surface area contributed by atoms with E-state index in [1.807, 2.05) is 4.57 Å². The molecule has 0 amide bonds. The van der Waals surface area contributed by atoms with Crippen LogP contribution in [-0.4, -0.2) is 45.9 Å². The Morgan fingerprint density at radius 1 is 1.33 bits per heavy atom. The number of aliphatic hydroxyl groups excluding tert-OH is 1. The van der Waals surface area contributed by atoms with E-state index in [1.54, 1.807) is 0 Å². The van der Waals surface area contributed by atoms with Crippen LogP contribution in [0.5, 0.6) is 0 Å². The monoisotopic (exact) mass is 271 g/mol. The second-order valence-electron chi connectivity index (χ2n) is 5.30. The molecular weight excluding hydrogens is 254 g/mol. The molecule has 1 aromatic heterocycles. The summed E-state index contributed by atoms with van der Waals surface area (Å²) < 4.78 is 24.9. The average molecular weight is 271 g/mol. The molecule has 2 atom stereocenters. The summed E-state index contributed by atoms with van der Waals surface area (Å²) in [6, 6.07) is 0. The summed E-state index contributed by atoms with van der Waals surface area (Å²) in [5.74, 6) is 2.45. The van der Waals surface area contributed by atoms with Crippen LogP contribution < -0.4 is 0 Å². The van der Waals surface area contributed by atoms with Crippen molar-refractivity contribution < 1.29 is 13.5 Å². The largest absolute Gasteiger partial charge is 0.393 e. The van der Waals surface area contributed by atoms with Gasteiger partial charge >= 0.3 is 0 Å². The Kier molecular flexibility index (Phi) is 2.90. The highest BCUT2D eigenvalue weighted by atomic mass is 32.2. The van der Waals surface area contributed by atoms with E-state index in [1.165, 1.54) is 0 Å². The molecule has 7 heteroatoms. The third kappa shape index (κ3) is 2.29. The fourth-order valence-electron chi connectivity index (χ4n) is 2.81. The summed E-state index contributed by atoms with van der Waals surface area (Å²) >= 11 is 0. The predicted molar refractivity (Wildman–Crippen MR) is 64.8 cm³/mol. The summed E-state index contributed by atoms with van der Waals surface area (Å²) in [6.45, 7) is 0.734. The van der Waals surface area contributed by atoms with Gasteiger partial charge in [-0.2, -0.15) is 0 Å². The Hall–Kier alpha value is -0.950. The van der Waals surface area contributed by atoms with Crippen LogP contribution in [0.1, 0.15) is 24.5 Å². The Morgan fingerprint density at radius 2 is 2.17 bits per heavy atom. The molecule has 3 heterocycles. The molecule has 6 nitrogen and oxygen atoms in total. The normalized spacial score (nSPS) is 30.3. The maximum absolute atomic E-state index is 11.4. The highest BCUT2D eigenvalue weighted by Gasteiger charge is 2.30. The van der Waals surface area contributed by atoms with E-state index in [-0.39, 0.29) is 17.8 Å². The Balaban J connectivity index is 1.75. The molecule has 0 spiro atoms. The molecule has 2 unspecified atom stereocenters. The van der Waals surface area contributed by atoms with Gasteiger partial charge in [-0.25, -0.2) is 8.42 Å². The van der Waals surface area contributed by atoms with Gasteiger partial charge in [-0.3, -0.25) is 0 Å². The minimum Gasteiger partial charge on any atom is -0.393 e. The molecule has 0 radical (unpaired) electrons. The maximum Gasteiger partial charge on any atom is 0.150 e. The van der Waals surface area contributed by atoms with Crippen LogP contribution in [-0.2, 0) is 29.2 Å². The van der Waals surface area contributed by atoms with Crippen LogP contribution in [0.3, 0.4) is 0 Å². The van der Waals surface area contributed by atoms with Crippen molar-refractivity contribution in [2.45, 2.75) is 38.3 Å². The second kappa shape index (κ2) is 4.31. The first-order valence-electron chi connectivity index (χ1n) is 6.33. The van der Waals surface area contributed by atoms with Crippen molar-refractivity contribution in [2.75, 3.05) is 11.5 Å². The number of fused-ring (bicyclic) bond motifs is 1. The average Bonchev–Trinajstić information content (AvgIpc) is 2.83. The van der Waals surface area contributed by atoms with E-state index in [9.17, 15) is 13.5 Å². The number of hydrogen-bond donors (Lipinski definition) is 1. The predicted octanol–water partition coefficient (Wildman–Crippen LogP) is -0.438. The van der Waals surface area contributed by atoms with Crippen molar-refractivity contribution in [2.24, 2.45) is 5.92 Å². The number of aromatic nitrogens is 3. The van der Waals surface area contributed by atoms with Crippen molar-refractivity contribution in [3.8, 4) is 0 Å². The molecule has 1 N–H and O–H groups in total. The number of hydrogen-bond acceptors (Lipinski definition) is 5. The van der Waals surface area contributed by atoms with Gasteiger partial charge in [-0.05, 0) is 18.8 Å². The SMILES string of the molecule is O=S1(=O)CCC(Cc2nnc3n2CCC(O)C3)C1. The minimum atomic E-state index is -2.83. The zero-order chi connectivity index (χ0) is 12.8. The summed E-state index contributed by atoms with van der Waals surface area (Å²) in [4.78, 5) is 0. The van der Waals surface area contributed by atoms with E-state index in [0.717, 1.165) is 31.0 Å². The molecule has 0 aliphatic carbocycles. The van der Waals surface area contributed by atoms with Crippen molar-refractivity contribution >= 4 is 9.84 Å². The first-order chi connectivity index (χ1) is 8.53. The smallest absolute Gasteiger partial charge is 0.150 e. The van der Waals surface area contributed by atoms with Crippen LogP contribution in [0.4, 0.5) is 0 Å². The highest BCUT2D eigenvalue weighted by molar-refractivity contribution is 7.91. The van der Waals surface area contributed by atoms with Gasteiger partial charge in [0.2, 0.25) is 0 Å². The molecule has 100 valence electrons. The topological polar surface area (TPSA) is 85.1 Å². The van der Waals surface area contributed by atoms with Gasteiger partial charge in [0.05, 0.1) is 17.6 Å². The maximum atomic E-state index is 11.4. The summed E-state index contributed by atoms with van der Waals surface area (Å²) in [7, 11) is -2.83. The molecule has 18 heavy (non-hydrogen) atoms. The highest BCUT2D eigenvalue weighted by Crippen LogP contribution is 2.23. The lowest BCUT2D eigenvalue weighted by atomic mass is 10.0. The van der Waals surface area contributed by atoms with Crippen LogP contribution in [0, 0.1) is 5.92 Å². The third-order valence-electron chi connectivity index (χ3n) is 3.81. The van der Waals surface area contributed by atoms with Crippen molar-refractivity contribution in [1.29, 1.82) is 0 Å². The molecule has 2 aliphatic heterocycles. The molecule has 0 bridgehead atoms. The first-order valence-corrected chi connectivity index (χ1v) is 8.15. The minimum absolute atomic E-state index is 0.176.